The summed E-state index contributed by atoms with van der Waals surface area (Å²) in [7, 11) is 0. The number of alkyl halides is 2. The van der Waals surface area contributed by atoms with Crippen LogP contribution in [0.15, 0.2) is 10.3 Å². The predicted molar refractivity (Wildman–Crippen MR) is 83.7 cm³/mol. The molecule has 0 spiro atoms. The molecule has 25 heavy (non-hydrogen) atoms. The quantitative estimate of drug-likeness (QED) is 0.117. The van der Waals surface area contributed by atoms with E-state index in [0.29, 0.717) is 0 Å². The van der Waals surface area contributed by atoms with E-state index in [-0.39, 0.29) is 29.4 Å². The Morgan fingerprint density at radius 1 is 1.44 bits per heavy atom. The molecule has 0 unspecified atom stereocenters. The molecule has 0 atom stereocenters. The Kier molecular flexibility index (Phi) is 5.88. The number of esters is 1. The Hall–Kier alpha value is -2.30. The molecule has 2 rings (SSSR count). The van der Waals surface area contributed by atoms with Gasteiger partial charge in [0.1, 0.15) is 17.8 Å². The average molecular weight is 374 g/mol. The van der Waals surface area contributed by atoms with Crippen LogP contribution in [0.3, 0.4) is 0 Å². The highest BCUT2D eigenvalue weighted by Gasteiger charge is 2.43. The van der Waals surface area contributed by atoms with Crippen molar-refractivity contribution in [2.75, 3.05) is 12.9 Å². The van der Waals surface area contributed by atoms with E-state index in [1.807, 2.05) is 0 Å². The van der Waals surface area contributed by atoms with E-state index in [9.17, 15) is 23.6 Å². The lowest BCUT2D eigenvalue weighted by atomic mass is 10.1. The van der Waals surface area contributed by atoms with Gasteiger partial charge in [0.15, 0.2) is 11.0 Å². The van der Waals surface area contributed by atoms with Crippen LogP contribution in [0.4, 0.5) is 8.78 Å². The SMILES string of the molecule is CCOC(=O)CC(=O)N/C(=N\O)c1nc(SC)nc2c1CCC2(F)F. The van der Waals surface area contributed by atoms with E-state index >= 15 is 0 Å². The van der Waals surface area contributed by atoms with Crippen molar-refractivity contribution in [2.45, 2.75) is 37.3 Å². The van der Waals surface area contributed by atoms with Gasteiger partial charge < -0.3 is 15.3 Å². The maximum Gasteiger partial charge on any atom is 0.315 e. The van der Waals surface area contributed by atoms with E-state index in [1.165, 1.54) is 0 Å². The molecule has 11 heteroatoms. The van der Waals surface area contributed by atoms with Crippen molar-refractivity contribution < 1.29 is 28.3 Å². The second kappa shape index (κ2) is 7.72. The molecule has 0 aromatic carbocycles. The fourth-order valence-electron chi connectivity index (χ4n) is 2.34. The first-order valence-corrected chi connectivity index (χ1v) is 8.56. The predicted octanol–water partition coefficient (Wildman–Crippen LogP) is 1.44. The minimum absolute atomic E-state index is 0.0287. The number of rotatable bonds is 5. The van der Waals surface area contributed by atoms with Gasteiger partial charge in [0.2, 0.25) is 5.91 Å². The number of nitrogens with zero attached hydrogens (tertiary/aromatic N) is 3. The summed E-state index contributed by atoms with van der Waals surface area (Å²) < 4.78 is 32.6. The molecule has 0 saturated heterocycles. The molecule has 8 nitrogen and oxygen atoms in total. The van der Waals surface area contributed by atoms with Crippen molar-refractivity contribution in [1.29, 1.82) is 0 Å². The van der Waals surface area contributed by atoms with Crippen molar-refractivity contribution in [3.63, 3.8) is 0 Å². The van der Waals surface area contributed by atoms with Crippen LogP contribution in [0.2, 0.25) is 0 Å². The fourth-order valence-corrected chi connectivity index (χ4v) is 2.71. The molecule has 0 aliphatic heterocycles. The van der Waals surface area contributed by atoms with Gasteiger partial charge in [0.05, 0.1) is 6.61 Å². The number of amidine groups is 1. The number of oxime groups is 1. The molecule has 0 bridgehead atoms. The number of hydrogen-bond donors (Lipinski definition) is 2. The van der Waals surface area contributed by atoms with E-state index in [2.05, 4.69) is 25.2 Å². The Labute approximate surface area is 146 Å². The smallest absolute Gasteiger partial charge is 0.315 e. The molecule has 1 aliphatic rings. The Morgan fingerprint density at radius 2 is 2.16 bits per heavy atom. The molecular formula is C14H16F2N4O4S. The molecule has 1 aromatic heterocycles. The average Bonchev–Trinajstić information content (AvgIpc) is 2.87. The van der Waals surface area contributed by atoms with Gasteiger partial charge in [-0.15, -0.1) is 0 Å². The number of nitrogens with one attached hydrogen (secondary N) is 1. The third-order valence-electron chi connectivity index (χ3n) is 3.40. The second-order valence-electron chi connectivity index (χ2n) is 5.07. The number of aromatic nitrogens is 2. The molecule has 1 heterocycles. The molecule has 1 aliphatic carbocycles. The summed E-state index contributed by atoms with van der Waals surface area (Å²) in [6, 6.07) is 0. The molecule has 1 amide bonds. The first-order valence-electron chi connectivity index (χ1n) is 7.33. The summed E-state index contributed by atoms with van der Waals surface area (Å²) in [5, 5.41) is 14.4. The van der Waals surface area contributed by atoms with Gasteiger partial charge in [-0.2, -0.15) is 8.78 Å². The van der Waals surface area contributed by atoms with Gasteiger partial charge in [-0.3, -0.25) is 9.59 Å². The Balaban J connectivity index is 2.31. The van der Waals surface area contributed by atoms with Gasteiger partial charge in [0, 0.05) is 12.0 Å². The zero-order valence-electron chi connectivity index (χ0n) is 13.5. The first-order chi connectivity index (χ1) is 11.8. The van der Waals surface area contributed by atoms with Gasteiger partial charge in [-0.1, -0.05) is 16.9 Å². The number of fused-ring (bicyclic) bond motifs is 1. The van der Waals surface area contributed by atoms with Crippen LogP contribution in [0, 0.1) is 0 Å². The molecule has 0 radical (unpaired) electrons. The van der Waals surface area contributed by atoms with Crippen LogP contribution in [-0.2, 0) is 26.7 Å². The lowest BCUT2D eigenvalue weighted by Crippen LogP contribution is -2.34. The topological polar surface area (TPSA) is 114 Å². The van der Waals surface area contributed by atoms with Crippen LogP contribution in [0.25, 0.3) is 0 Å². The molecule has 0 fully saturated rings. The number of ether oxygens (including phenoxy) is 1. The monoisotopic (exact) mass is 374 g/mol. The lowest BCUT2D eigenvalue weighted by Gasteiger charge is -2.13. The summed E-state index contributed by atoms with van der Waals surface area (Å²) in [5.74, 6) is -5.11. The first kappa shape index (κ1) is 19.0. The molecule has 136 valence electrons. The zero-order valence-corrected chi connectivity index (χ0v) is 14.3. The maximum absolute atomic E-state index is 14.0. The standard InChI is InChI=1S/C14H16F2N4O4S/c1-3-24-9(22)6-8(21)17-12(20-23)10-7-4-5-14(15,16)11(7)19-13(18-10)25-2/h23H,3-6H2,1-2H3,(H,17,20,21). The number of carbonyl (C=O) groups excluding carboxylic acids is 2. The maximum atomic E-state index is 14.0. The number of carbonyl (C=O) groups is 2. The molecular weight excluding hydrogens is 358 g/mol. The Bertz CT molecular complexity index is 727. The third kappa shape index (κ3) is 4.21. The van der Waals surface area contributed by atoms with Crippen molar-refractivity contribution in [1.82, 2.24) is 15.3 Å². The minimum Gasteiger partial charge on any atom is -0.466 e. The van der Waals surface area contributed by atoms with Crippen molar-refractivity contribution >= 4 is 29.5 Å². The van der Waals surface area contributed by atoms with Gasteiger partial charge in [-0.05, 0) is 19.6 Å². The van der Waals surface area contributed by atoms with Crippen molar-refractivity contribution in [3.8, 4) is 0 Å². The summed E-state index contributed by atoms with van der Waals surface area (Å²) >= 11 is 1.03. The number of amides is 1. The molecule has 0 saturated carbocycles. The zero-order chi connectivity index (χ0) is 18.6. The van der Waals surface area contributed by atoms with Crippen LogP contribution in [-0.4, -0.2) is 45.7 Å². The van der Waals surface area contributed by atoms with E-state index in [1.54, 1.807) is 13.2 Å². The molecule has 1 aromatic rings. The van der Waals surface area contributed by atoms with Crippen molar-refractivity contribution in [2.24, 2.45) is 5.16 Å². The van der Waals surface area contributed by atoms with Crippen LogP contribution < -0.4 is 5.32 Å². The lowest BCUT2D eigenvalue weighted by molar-refractivity contribution is -0.145. The number of hydrogen-bond acceptors (Lipinski definition) is 8. The summed E-state index contributed by atoms with van der Waals surface area (Å²) in [5.41, 5.74) is -0.430. The van der Waals surface area contributed by atoms with Crippen LogP contribution >= 0.6 is 11.8 Å². The summed E-state index contributed by atoms with van der Waals surface area (Å²) in [6.07, 6.45) is 0.524. The highest BCUT2D eigenvalue weighted by molar-refractivity contribution is 7.98. The normalized spacial score (nSPS) is 15.6. The third-order valence-corrected chi connectivity index (χ3v) is 3.94. The van der Waals surface area contributed by atoms with Crippen molar-refractivity contribution in [3.05, 3.63) is 17.0 Å². The second-order valence-corrected chi connectivity index (χ2v) is 5.84. The van der Waals surface area contributed by atoms with Gasteiger partial charge in [0.25, 0.3) is 5.92 Å². The van der Waals surface area contributed by atoms with Gasteiger partial charge >= 0.3 is 5.97 Å². The van der Waals surface area contributed by atoms with Crippen LogP contribution in [0.1, 0.15) is 36.7 Å². The Morgan fingerprint density at radius 3 is 2.76 bits per heavy atom. The van der Waals surface area contributed by atoms with E-state index in [0.717, 1.165) is 11.8 Å². The minimum atomic E-state index is -3.12. The summed E-state index contributed by atoms with van der Waals surface area (Å²) in [6.45, 7) is 1.70. The van der Waals surface area contributed by atoms with E-state index < -0.39 is 42.2 Å². The fraction of sp³-hybridized carbons (Fsp3) is 0.500. The van der Waals surface area contributed by atoms with Crippen LogP contribution in [0.5, 0.6) is 0 Å². The largest absolute Gasteiger partial charge is 0.466 e. The summed E-state index contributed by atoms with van der Waals surface area (Å²) in [4.78, 5) is 31.1. The number of thioether (sulfide) groups is 1. The number of halogens is 2. The highest BCUT2D eigenvalue weighted by atomic mass is 32.2. The molecule has 2 N–H and O–H groups in total. The highest BCUT2D eigenvalue weighted by Crippen LogP contribution is 2.41. The van der Waals surface area contributed by atoms with Gasteiger partial charge in [-0.25, -0.2) is 9.97 Å². The van der Waals surface area contributed by atoms with E-state index in [4.69, 9.17) is 0 Å².